The van der Waals surface area contributed by atoms with Crippen LogP contribution in [0.5, 0.6) is 0 Å². The molecule has 3 aromatic carbocycles. The van der Waals surface area contributed by atoms with Crippen LogP contribution in [0, 0.1) is 6.92 Å². The lowest BCUT2D eigenvalue weighted by Crippen LogP contribution is -2.38. The van der Waals surface area contributed by atoms with E-state index in [2.05, 4.69) is 17.4 Å². The van der Waals surface area contributed by atoms with Gasteiger partial charge in [-0.15, -0.1) is 0 Å². The van der Waals surface area contributed by atoms with Gasteiger partial charge >= 0.3 is 12.4 Å². The molecule has 0 saturated carbocycles. The lowest BCUT2D eigenvalue weighted by Gasteiger charge is -2.30. The van der Waals surface area contributed by atoms with Crippen LogP contribution >= 0.6 is 0 Å². The Morgan fingerprint density at radius 2 is 1.41 bits per heavy atom. The fraction of sp³-hybridized carbons (Fsp3) is 0.310. The molecule has 1 heterocycles. The Hall–Kier alpha value is -3.10. The average Bonchev–Trinajstić information content (AvgIpc) is 2.84. The van der Waals surface area contributed by atoms with Gasteiger partial charge in [-0.3, -0.25) is 0 Å². The van der Waals surface area contributed by atoms with Crippen molar-refractivity contribution in [1.82, 2.24) is 5.32 Å². The highest BCUT2D eigenvalue weighted by Gasteiger charge is 2.37. The molecule has 8 heteroatoms. The van der Waals surface area contributed by atoms with Crippen LogP contribution < -0.4 is 5.32 Å². The van der Waals surface area contributed by atoms with Crippen molar-refractivity contribution < 1.29 is 31.1 Å². The summed E-state index contributed by atoms with van der Waals surface area (Å²) in [6, 6.07) is 19.8. The number of alkyl halides is 6. The summed E-state index contributed by atoms with van der Waals surface area (Å²) >= 11 is 0. The fourth-order valence-electron chi connectivity index (χ4n) is 4.62. The average molecular weight is 520 g/mol. The Bertz CT molecular complexity index is 1210. The van der Waals surface area contributed by atoms with Crippen LogP contribution in [-0.4, -0.2) is 19.2 Å². The van der Waals surface area contributed by atoms with Crippen LogP contribution in [0.3, 0.4) is 0 Å². The zero-order chi connectivity index (χ0) is 26.6. The number of nitrogens with one attached hydrogen (secondary N) is 1. The number of ether oxygens (including phenoxy) is 1. The molecule has 2 nitrogen and oxygen atoms in total. The number of hydrogen-bond acceptors (Lipinski definition) is 2. The van der Waals surface area contributed by atoms with Crippen molar-refractivity contribution in [3.8, 4) is 0 Å². The van der Waals surface area contributed by atoms with E-state index in [4.69, 9.17) is 4.74 Å². The highest BCUT2D eigenvalue weighted by molar-refractivity contribution is 5.72. The molecule has 0 aliphatic carbocycles. The maximum Gasteiger partial charge on any atom is 0.416 e. The molecule has 0 saturated heterocycles. The summed E-state index contributed by atoms with van der Waals surface area (Å²) in [5, 5.41) is 3.51. The topological polar surface area (TPSA) is 21.3 Å². The lowest BCUT2D eigenvalue weighted by atomic mass is 9.86. The number of benzene rings is 3. The molecule has 0 fully saturated rings. The predicted molar refractivity (Wildman–Crippen MR) is 131 cm³/mol. The third-order valence-corrected chi connectivity index (χ3v) is 6.47. The zero-order valence-corrected chi connectivity index (χ0v) is 20.2. The molecule has 196 valence electrons. The Morgan fingerprint density at radius 1 is 0.784 bits per heavy atom. The Balaban J connectivity index is 1.55. The maximum absolute atomic E-state index is 13.2. The van der Waals surface area contributed by atoms with E-state index in [1.807, 2.05) is 49.4 Å². The molecule has 1 atom stereocenters. The molecule has 0 amide bonds. The Labute approximate surface area is 212 Å². The maximum atomic E-state index is 13.2. The second-order valence-corrected chi connectivity index (χ2v) is 9.28. The summed E-state index contributed by atoms with van der Waals surface area (Å²) in [6.07, 6.45) is -8.23. The van der Waals surface area contributed by atoms with E-state index < -0.39 is 23.5 Å². The van der Waals surface area contributed by atoms with Crippen LogP contribution in [0.1, 0.15) is 39.8 Å². The minimum absolute atomic E-state index is 0.0896. The van der Waals surface area contributed by atoms with Gasteiger partial charge in [0.1, 0.15) is 0 Å². The molecule has 0 bridgehead atoms. The summed E-state index contributed by atoms with van der Waals surface area (Å²) in [5.74, 6) is 0. The van der Waals surface area contributed by atoms with Crippen molar-refractivity contribution in [2.24, 2.45) is 0 Å². The lowest BCUT2D eigenvalue weighted by molar-refractivity contribution is -0.143. The van der Waals surface area contributed by atoms with Crippen molar-refractivity contribution in [2.45, 2.75) is 44.8 Å². The van der Waals surface area contributed by atoms with Crippen LogP contribution in [0.25, 0.3) is 5.57 Å². The fourth-order valence-corrected chi connectivity index (χ4v) is 4.62. The SMILES string of the molecule is Cc1ccccc1C1=C(COCc2cc(C(F)(F)F)cc(C(F)(F)F)c2)CNC(Cc2ccccc2)C1. The molecule has 0 aromatic heterocycles. The minimum Gasteiger partial charge on any atom is -0.372 e. The molecule has 4 rings (SSSR count). The Morgan fingerprint density at radius 3 is 2.03 bits per heavy atom. The van der Waals surface area contributed by atoms with E-state index in [9.17, 15) is 26.3 Å². The van der Waals surface area contributed by atoms with Crippen LogP contribution in [-0.2, 0) is 30.1 Å². The molecule has 1 unspecified atom stereocenters. The summed E-state index contributed by atoms with van der Waals surface area (Å²) in [6.45, 7) is 2.24. The number of rotatable bonds is 7. The van der Waals surface area contributed by atoms with Crippen LogP contribution in [0.2, 0.25) is 0 Å². The van der Waals surface area contributed by atoms with E-state index in [1.165, 1.54) is 5.56 Å². The minimum atomic E-state index is -4.89. The van der Waals surface area contributed by atoms with Crippen molar-refractivity contribution in [1.29, 1.82) is 0 Å². The molecular weight excluding hydrogens is 492 g/mol. The summed E-state index contributed by atoms with van der Waals surface area (Å²) in [5.41, 5.74) is 2.52. The van der Waals surface area contributed by atoms with Gasteiger partial charge < -0.3 is 10.1 Å². The van der Waals surface area contributed by atoms with Crippen molar-refractivity contribution >= 4 is 5.57 Å². The first kappa shape index (κ1) is 26.9. The van der Waals surface area contributed by atoms with E-state index in [0.29, 0.717) is 18.7 Å². The predicted octanol–water partition coefficient (Wildman–Crippen LogP) is 7.61. The molecule has 37 heavy (non-hydrogen) atoms. The smallest absolute Gasteiger partial charge is 0.372 e. The molecule has 1 aliphatic rings. The molecule has 0 radical (unpaired) electrons. The highest BCUT2D eigenvalue weighted by Crippen LogP contribution is 2.37. The van der Waals surface area contributed by atoms with Crippen molar-refractivity contribution in [3.05, 3.63) is 112 Å². The second-order valence-electron chi connectivity index (χ2n) is 9.28. The zero-order valence-electron chi connectivity index (χ0n) is 20.2. The van der Waals surface area contributed by atoms with Gasteiger partial charge in [-0.2, -0.15) is 26.3 Å². The number of halogens is 6. The largest absolute Gasteiger partial charge is 0.416 e. The van der Waals surface area contributed by atoms with E-state index in [1.54, 1.807) is 0 Å². The van der Waals surface area contributed by atoms with Crippen molar-refractivity contribution in [2.75, 3.05) is 13.2 Å². The van der Waals surface area contributed by atoms with Gasteiger partial charge in [0.2, 0.25) is 0 Å². The van der Waals surface area contributed by atoms with Gasteiger partial charge in [0.15, 0.2) is 0 Å². The molecule has 3 aromatic rings. The molecular formula is C29H27F6NO. The van der Waals surface area contributed by atoms with Gasteiger partial charge in [-0.25, -0.2) is 0 Å². The van der Waals surface area contributed by atoms with E-state index >= 15 is 0 Å². The number of hydrogen-bond donors (Lipinski definition) is 1. The summed E-state index contributed by atoms with van der Waals surface area (Å²) < 4.78 is 84.9. The first-order chi connectivity index (χ1) is 17.5. The first-order valence-electron chi connectivity index (χ1n) is 11.9. The normalized spacial score (nSPS) is 16.8. The third-order valence-electron chi connectivity index (χ3n) is 6.47. The van der Waals surface area contributed by atoms with Gasteiger partial charge in [-0.1, -0.05) is 54.6 Å². The van der Waals surface area contributed by atoms with Gasteiger partial charge in [0.25, 0.3) is 0 Å². The van der Waals surface area contributed by atoms with E-state index in [0.717, 1.165) is 35.1 Å². The monoisotopic (exact) mass is 519 g/mol. The standard InChI is InChI=1S/C29H27F6NO/c1-19-7-5-6-10-26(19)27-15-25(13-20-8-3-2-4-9-20)36-16-22(27)18-37-17-21-11-23(28(30,31)32)14-24(12-21)29(33,34)35/h2-12,14,25,36H,13,15-18H2,1H3. The quantitative estimate of drug-likeness (QED) is 0.325. The second kappa shape index (κ2) is 11.1. The molecule has 1 N–H and O–H groups in total. The van der Waals surface area contributed by atoms with Gasteiger partial charge in [0, 0.05) is 12.6 Å². The van der Waals surface area contributed by atoms with Crippen LogP contribution in [0.15, 0.2) is 78.4 Å². The molecule has 1 aliphatic heterocycles. The first-order valence-corrected chi connectivity index (χ1v) is 11.9. The third kappa shape index (κ3) is 7.02. The summed E-state index contributed by atoms with van der Waals surface area (Å²) in [4.78, 5) is 0. The van der Waals surface area contributed by atoms with E-state index in [-0.39, 0.29) is 30.9 Å². The highest BCUT2D eigenvalue weighted by atomic mass is 19.4. The number of aryl methyl sites for hydroxylation is 1. The Kier molecular flexibility index (Phi) is 8.09. The summed E-state index contributed by atoms with van der Waals surface area (Å²) in [7, 11) is 0. The van der Waals surface area contributed by atoms with Gasteiger partial charge in [-0.05, 0) is 71.4 Å². The van der Waals surface area contributed by atoms with Gasteiger partial charge in [0.05, 0.1) is 24.3 Å². The molecule has 0 spiro atoms. The van der Waals surface area contributed by atoms with Crippen LogP contribution in [0.4, 0.5) is 26.3 Å². The van der Waals surface area contributed by atoms with Crippen molar-refractivity contribution in [3.63, 3.8) is 0 Å².